The molecule has 1 heterocycles. The molecular formula is C12H12ClN3O2. The summed E-state index contributed by atoms with van der Waals surface area (Å²) < 4.78 is 1.64. The predicted molar refractivity (Wildman–Crippen MR) is 69.6 cm³/mol. The first-order valence-corrected chi connectivity index (χ1v) is 5.88. The highest BCUT2D eigenvalue weighted by Gasteiger charge is 2.12. The van der Waals surface area contributed by atoms with Crippen LogP contribution >= 0.6 is 11.6 Å². The maximum Gasteiger partial charge on any atom is 0.223 e. The number of amides is 1. The van der Waals surface area contributed by atoms with Crippen molar-refractivity contribution in [2.24, 2.45) is 5.73 Å². The van der Waals surface area contributed by atoms with E-state index in [4.69, 9.17) is 17.3 Å². The lowest BCUT2D eigenvalue weighted by Gasteiger charge is -2.09. The van der Waals surface area contributed by atoms with E-state index in [9.17, 15) is 9.59 Å². The largest absolute Gasteiger partial charge is 0.369 e. The molecule has 0 unspecified atom stereocenters. The topological polar surface area (TPSA) is 78.0 Å². The van der Waals surface area contributed by atoms with Gasteiger partial charge in [0.15, 0.2) is 0 Å². The minimum atomic E-state index is -0.574. The Morgan fingerprint density at radius 2 is 2.22 bits per heavy atom. The number of carbonyl (C=O) groups excluding carboxylic acids is 1. The van der Waals surface area contributed by atoms with Crippen LogP contribution in [0.2, 0.25) is 5.02 Å². The number of aromatic nitrogens is 2. The fourth-order valence-corrected chi connectivity index (χ4v) is 2.00. The molecule has 0 saturated carbocycles. The first-order valence-electron chi connectivity index (χ1n) is 5.50. The van der Waals surface area contributed by atoms with Crippen molar-refractivity contribution in [3.8, 4) is 0 Å². The molecule has 1 aromatic carbocycles. The fourth-order valence-electron chi connectivity index (χ4n) is 1.83. The molecule has 0 saturated heterocycles. The Morgan fingerprint density at radius 3 is 2.83 bits per heavy atom. The molecule has 2 rings (SSSR count). The lowest BCUT2D eigenvalue weighted by atomic mass is 10.1. The van der Waals surface area contributed by atoms with Gasteiger partial charge in [-0.15, -0.1) is 0 Å². The van der Waals surface area contributed by atoms with E-state index in [0.717, 1.165) is 0 Å². The summed E-state index contributed by atoms with van der Waals surface area (Å²) in [7, 11) is 0. The van der Waals surface area contributed by atoms with Gasteiger partial charge >= 0.3 is 0 Å². The fraction of sp³-hybridized carbons (Fsp3) is 0.250. The second-order valence-corrected chi connectivity index (χ2v) is 4.33. The van der Waals surface area contributed by atoms with Crippen LogP contribution in [-0.2, 0) is 17.8 Å². The van der Waals surface area contributed by atoms with E-state index in [2.05, 4.69) is 5.10 Å². The number of nitrogens with zero attached hydrogens (tertiary/aromatic N) is 2. The average Bonchev–Trinajstić information content (AvgIpc) is 2.32. The Kier molecular flexibility index (Phi) is 3.34. The van der Waals surface area contributed by atoms with E-state index >= 15 is 0 Å². The van der Waals surface area contributed by atoms with E-state index in [1.807, 2.05) is 6.92 Å². The molecule has 1 amide bonds. The Labute approximate surface area is 108 Å². The normalized spacial score (nSPS) is 10.8. The van der Waals surface area contributed by atoms with E-state index in [1.165, 1.54) is 0 Å². The van der Waals surface area contributed by atoms with Crippen LogP contribution < -0.4 is 11.2 Å². The smallest absolute Gasteiger partial charge is 0.223 e. The minimum absolute atomic E-state index is 0.155. The van der Waals surface area contributed by atoms with Gasteiger partial charge in [-0.3, -0.25) is 14.3 Å². The third-order valence-electron chi connectivity index (χ3n) is 2.63. The highest BCUT2D eigenvalue weighted by molar-refractivity contribution is 6.31. The van der Waals surface area contributed by atoms with Gasteiger partial charge in [-0.25, -0.2) is 0 Å². The van der Waals surface area contributed by atoms with Crippen LogP contribution in [0.4, 0.5) is 0 Å². The van der Waals surface area contributed by atoms with Crippen LogP contribution in [0.25, 0.3) is 10.9 Å². The molecule has 0 aliphatic carbocycles. The number of primary amides is 1. The van der Waals surface area contributed by atoms with Gasteiger partial charge in [-0.1, -0.05) is 11.6 Å². The Hall–Kier alpha value is -1.88. The summed E-state index contributed by atoms with van der Waals surface area (Å²) >= 11 is 5.91. The Bertz CT molecular complexity index is 679. The van der Waals surface area contributed by atoms with E-state index in [1.54, 1.807) is 22.9 Å². The highest BCUT2D eigenvalue weighted by Crippen LogP contribution is 2.16. The van der Waals surface area contributed by atoms with Crippen molar-refractivity contribution in [2.45, 2.75) is 19.9 Å². The van der Waals surface area contributed by atoms with Crippen LogP contribution in [0.3, 0.4) is 0 Å². The zero-order chi connectivity index (χ0) is 13.3. The molecule has 0 fully saturated rings. The third-order valence-corrected chi connectivity index (χ3v) is 2.86. The standard InChI is InChI=1S/C12H12ClN3O2/c1-2-16-10-5-7(13)3-4-8(10)12(18)9(15-16)6-11(14)17/h3-5H,2,6H2,1H3,(H2,14,17). The summed E-state index contributed by atoms with van der Waals surface area (Å²) in [5, 5.41) is 5.17. The summed E-state index contributed by atoms with van der Waals surface area (Å²) in [5.41, 5.74) is 5.65. The molecule has 18 heavy (non-hydrogen) atoms. The molecule has 5 nitrogen and oxygen atoms in total. The molecule has 0 aliphatic rings. The number of carbonyl (C=O) groups is 1. The quantitative estimate of drug-likeness (QED) is 0.903. The predicted octanol–water partition coefficient (Wildman–Crippen LogP) is 1.10. The van der Waals surface area contributed by atoms with Gasteiger partial charge in [0.25, 0.3) is 0 Å². The molecule has 0 bridgehead atoms. The van der Waals surface area contributed by atoms with Gasteiger partial charge in [0.05, 0.1) is 11.9 Å². The summed E-state index contributed by atoms with van der Waals surface area (Å²) in [4.78, 5) is 23.0. The molecule has 0 aliphatic heterocycles. The lowest BCUT2D eigenvalue weighted by Crippen LogP contribution is -2.24. The number of hydrogen-bond acceptors (Lipinski definition) is 3. The Morgan fingerprint density at radius 1 is 1.50 bits per heavy atom. The molecule has 0 radical (unpaired) electrons. The summed E-state index contributed by atoms with van der Waals surface area (Å²) in [6, 6.07) is 4.96. The van der Waals surface area contributed by atoms with Gasteiger partial charge in [-0.2, -0.15) is 5.10 Å². The van der Waals surface area contributed by atoms with Gasteiger partial charge in [0.1, 0.15) is 5.69 Å². The van der Waals surface area contributed by atoms with Gasteiger partial charge in [0, 0.05) is 17.0 Å². The highest BCUT2D eigenvalue weighted by atomic mass is 35.5. The molecule has 2 aromatic rings. The monoisotopic (exact) mass is 265 g/mol. The average molecular weight is 266 g/mol. The van der Waals surface area contributed by atoms with Gasteiger partial charge < -0.3 is 5.73 Å². The van der Waals surface area contributed by atoms with Crippen molar-refractivity contribution >= 4 is 28.4 Å². The first-order chi connectivity index (χ1) is 8.52. The summed E-state index contributed by atoms with van der Waals surface area (Å²) in [6.07, 6.45) is -0.155. The molecule has 1 aromatic heterocycles. The number of halogens is 1. The van der Waals surface area contributed by atoms with Crippen molar-refractivity contribution in [3.05, 3.63) is 39.1 Å². The van der Waals surface area contributed by atoms with Crippen LogP contribution in [0.15, 0.2) is 23.0 Å². The van der Waals surface area contributed by atoms with Crippen LogP contribution in [-0.4, -0.2) is 15.7 Å². The molecule has 2 N–H and O–H groups in total. The molecular weight excluding hydrogens is 254 g/mol. The van der Waals surface area contributed by atoms with Crippen molar-refractivity contribution < 1.29 is 4.79 Å². The van der Waals surface area contributed by atoms with Gasteiger partial charge in [0.2, 0.25) is 11.3 Å². The molecule has 0 atom stereocenters. The van der Waals surface area contributed by atoms with Crippen LogP contribution in [0, 0.1) is 0 Å². The maximum atomic E-state index is 12.1. The number of aryl methyl sites for hydroxylation is 1. The zero-order valence-corrected chi connectivity index (χ0v) is 10.6. The summed E-state index contributed by atoms with van der Waals surface area (Å²) in [5.74, 6) is -0.574. The van der Waals surface area contributed by atoms with Gasteiger partial charge in [-0.05, 0) is 25.1 Å². The van der Waals surface area contributed by atoms with Crippen LogP contribution in [0.5, 0.6) is 0 Å². The minimum Gasteiger partial charge on any atom is -0.369 e. The second-order valence-electron chi connectivity index (χ2n) is 3.90. The number of benzene rings is 1. The molecule has 94 valence electrons. The van der Waals surface area contributed by atoms with Crippen molar-refractivity contribution in [3.63, 3.8) is 0 Å². The van der Waals surface area contributed by atoms with Crippen molar-refractivity contribution in [2.75, 3.05) is 0 Å². The number of rotatable bonds is 3. The first kappa shape index (κ1) is 12.6. The van der Waals surface area contributed by atoms with Crippen LogP contribution in [0.1, 0.15) is 12.6 Å². The van der Waals surface area contributed by atoms with E-state index < -0.39 is 5.91 Å². The third kappa shape index (κ3) is 2.22. The van der Waals surface area contributed by atoms with Crippen molar-refractivity contribution in [1.29, 1.82) is 0 Å². The SMILES string of the molecule is CCn1nc(CC(N)=O)c(=O)c2ccc(Cl)cc21. The summed E-state index contributed by atoms with van der Waals surface area (Å²) in [6.45, 7) is 2.47. The van der Waals surface area contributed by atoms with E-state index in [0.29, 0.717) is 22.5 Å². The zero-order valence-electron chi connectivity index (χ0n) is 9.81. The second kappa shape index (κ2) is 4.78. The molecule has 6 heteroatoms. The Balaban J connectivity index is 2.78. The van der Waals surface area contributed by atoms with Crippen molar-refractivity contribution in [1.82, 2.24) is 9.78 Å². The number of fused-ring (bicyclic) bond motifs is 1. The lowest BCUT2D eigenvalue weighted by molar-refractivity contribution is -0.117. The van der Waals surface area contributed by atoms with E-state index in [-0.39, 0.29) is 17.5 Å². The molecule has 0 spiro atoms. The number of hydrogen-bond donors (Lipinski definition) is 1. The maximum absolute atomic E-state index is 12.1. The number of nitrogens with two attached hydrogens (primary N) is 1.